The lowest BCUT2D eigenvalue weighted by Gasteiger charge is -2.16. The van der Waals surface area contributed by atoms with Crippen molar-refractivity contribution in [2.45, 2.75) is 6.18 Å². The number of anilines is 2. The number of imidazole rings is 1. The molecule has 1 heterocycles. The number of alkyl halides is 3. The van der Waals surface area contributed by atoms with Crippen molar-refractivity contribution in [2.24, 2.45) is 18.6 Å². The van der Waals surface area contributed by atoms with Gasteiger partial charge in [0.2, 0.25) is 0 Å². The zero-order valence-electron chi connectivity index (χ0n) is 15.9. The second kappa shape index (κ2) is 8.29. The van der Waals surface area contributed by atoms with Gasteiger partial charge in [0.05, 0.1) is 35.2 Å². The third-order valence-corrected chi connectivity index (χ3v) is 4.24. The first-order chi connectivity index (χ1) is 14.1. The van der Waals surface area contributed by atoms with Crippen LogP contribution in [0.25, 0.3) is 5.70 Å². The highest BCUT2D eigenvalue weighted by Crippen LogP contribution is 2.30. The van der Waals surface area contributed by atoms with Gasteiger partial charge in [-0.3, -0.25) is 9.80 Å². The number of hydrogen-bond acceptors (Lipinski definition) is 5. The van der Waals surface area contributed by atoms with E-state index in [0.29, 0.717) is 17.1 Å². The Labute approximate surface area is 170 Å². The molecule has 0 aliphatic heterocycles. The fraction of sp³-hybridized carbons (Fsp3) is 0.100. The molecular weight excluding hydrogens is 397 g/mol. The molecule has 0 aliphatic rings. The number of halogens is 3. The zero-order chi connectivity index (χ0) is 21.9. The molecule has 0 aliphatic carbocycles. The Hall–Kier alpha value is -3.79. The molecule has 7 nitrogen and oxygen atoms in total. The molecule has 10 heteroatoms. The molecule has 5 N–H and O–H groups in total. The first kappa shape index (κ1) is 20.9. The van der Waals surface area contributed by atoms with Gasteiger partial charge in [-0.1, -0.05) is 12.1 Å². The maximum Gasteiger partial charge on any atom is 0.416 e. The summed E-state index contributed by atoms with van der Waals surface area (Å²) in [6.07, 6.45) is 0.149. The highest BCUT2D eigenvalue weighted by molar-refractivity contribution is 6.04. The topological polar surface area (TPSA) is 102 Å². The first-order valence-electron chi connectivity index (χ1n) is 8.72. The molecule has 0 radical (unpaired) electrons. The number of rotatable bonds is 5. The summed E-state index contributed by atoms with van der Waals surface area (Å²) >= 11 is 0. The van der Waals surface area contributed by atoms with E-state index in [2.05, 4.69) is 10.3 Å². The van der Waals surface area contributed by atoms with Crippen molar-refractivity contribution in [3.05, 3.63) is 84.1 Å². The molecule has 0 bridgehead atoms. The Morgan fingerprint density at radius 3 is 2.60 bits per heavy atom. The van der Waals surface area contributed by atoms with Crippen molar-refractivity contribution in [2.75, 3.05) is 10.3 Å². The number of nitrogens with one attached hydrogen (secondary N) is 1. The van der Waals surface area contributed by atoms with E-state index >= 15 is 0 Å². The number of hydrazine groups is 1. The molecule has 0 fully saturated rings. The summed E-state index contributed by atoms with van der Waals surface area (Å²) in [5.74, 6) is 5.46. The number of aryl methyl sites for hydroxylation is 1. The van der Waals surface area contributed by atoms with E-state index in [-0.39, 0.29) is 11.3 Å². The van der Waals surface area contributed by atoms with E-state index < -0.39 is 17.6 Å². The summed E-state index contributed by atoms with van der Waals surface area (Å²) < 4.78 is 40.3. The summed E-state index contributed by atoms with van der Waals surface area (Å²) in [7, 11) is 1.78. The van der Waals surface area contributed by atoms with Gasteiger partial charge >= 0.3 is 6.18 Å². The molecule has 0 saturated carbocycles. The van der Waals surface area contributed by atoms with Crippen LogP contribution < -0.4 is 21.9 Å². The van der Waals surface area contributed by atoms with E-state index in [1.54, 1.807) is 36.3 Å². The van der Waals surface area contributed by atoms with Crippen LogP contribution in [0.4, 0.5) is 24.5 Å². The van der Waals surface area contributed by atoms with E-state index in [9.17, 15) is 18.0 Å². The van der Waals surface area contributed by atoms with Crippen LogP contribution in [0.15, 0.2) is 67.3 Å². The minimum Gasteiger partial charge on any atom is -0.396 e. The van der Waals surface area contributed by atoms with Crippen molar-refractivity contribution in [1.82, 2.24) is 9.55 Å². The van der Waals surface area contributed by atoms with Gasteiger partial charge in [0.1, 0.15) is 0 Å². The molecule has 0 saturated heterocycles. The van der Waals surface area contributed by atoms with Gasteiger partial charge in [-0.2, -0.15) is 13.2 Å². The summed E-state index contributed by atoms with van der Waals surface area (Å²) in [4.78, 5) is 16.5. The Bertz CT molecular complexity index is 1090. The number of nitrogens with two attached hydrogens (primary N) is 2. The average molecular weight is 416 g/mol. The highest BCUT2D eigenvalue weighted by Gasteiger charge is 2.30. The van der Waals surface area contributed by atoms with Crippen LogP contribution in [-0.4, -0.2) is 15.5 Å². The smallest absolute Gasteiger partial charge is 0.396 e. The Kier molecular flexibility index (Phi) is 5.79. The number of carbonyl (C=O) groups is 1. The van der Waals surface area contributed by atoms with Crippen LogP contribution in [-0.2, 0) is 13.2 Å². The van der Waals surface area contributed by atoms with Gasteiger partial charge in [-0.15, -0.1) is 0 Å². The van der Waals surface area contributed by atoms with Crippen LogP contribution in [0.5, 0.6) is 0 Å². The minimum atomic E-state index is -4.50. The Balaban J connectivity index is 1.78. The summed E-state index contributed by atoms with van der Waals surface area (Å²) in [5, 5.41) is 3.70. The van der Waals surface area contributed by atoms with Crippen molar-refractivity contribution in [3.8, 4) is 0 Å². The standard InChI is InChI=1S/C20H19F3N6O/c1-28-12-26-10-18(28)17(24)11-29(25)16-7-2-4-13(8-16)19(30)27-15-6-3-5-14(9-15)20(21,22)23/h2-12H,24-25H2,1H3,(H,27,30)/b17-11-. The van der Waals surface area contributed by atoms with Crippen LogP contribution in [0.2, 0.25) is 0 Å². The molecule has 0 unspecified atom stereocenters. The molecule has 0 atom stereocenters. The lowest BCUT2D eigenvalue weighted by molar-refractivity contribution is -0.137. The number of amides is 1. The van der Waals surface area contributed by atoms with Crippen molar-refractivity contribution >= 4 is 23.0 Å². The number of benzene rings is 2. The highest BCUT2D eigenvalue weighted by atomic mass is 19.4. The normalized spacial score (nSPS) is 12.0. The minimum absolute atomic E-state index is 0.0326. The summed E-state index contributed by atoms with van der Waals surface area (Å²) in [5.41, 5.74) is 6.90. The molecule has 0 spiro atoms. The Morgan fingerprint density at radius 2 is 1.93 bits per heavy atom. The molecule has 2 aromatic carbocycles. The molecule has 1 aromatic heterocycles. The molecular formula is C20H19F3N6O. The van der Waals surface area contributed by atoms with Crippen molar-refractivity contribution in [3.63, 3.8) is 0 Å². The molecule has 3 aromatic rings. The lowest BCUT2D eigenvalue weighted by Crippen LogP contribution is -2.26. The predicted molar refractivity (Wildman–Crippen MR) is 108 cm³/mol. The average Bonchev–Trinajstić information content (AvgIpc) is 3.13. The predicted octanol–water partition coefficient (Wildman–Crippen LogP) is 3.33. The van der Waals surface area contributed by atoms with Gasteiger partial charge < -0.3 is 15.6 Å². The van der Waals surface area contributed by atoms with Gasteiger partial charge in [0.25, 0.3) is 5.91 Å². The van der Waals surface area contributed by atoms with E-state index in [1.807, 2.05) is 0 Å². The van der Waals surface area contributed by atoms with E-state index in [1.165, 1.54) is 35.5 Å². The SMILES string of the molecule is Cn1cncc1/C(N)=C/N(N)c1cccc(C(=O)Nc2cccc(C(F)(F)F)c2)c1. The second-order valence-corrected chi connectivity index (χ2v) is 6.46. The fourth-order valence-corrected chi connectivity index (χ4v) is 2.71. The number of carbonyl (C=O) groups excluding carboxylic acids is 1. The monoisotopic (exact) mass is 416 g/mol. The van der Waals surface area contributed by atoms with Crippen LogP contribution >= 0.6 is 0 Å². The number of hydrogen-bond donors (Lipinski definition) is 3. The number of aromatic nitrogens is 2. The molecule has 156 valence electrons. The molecule has 3 rings (SSSR count). The van der Waals surface area contributed by atoms with Gasteiger partial charge in [0.15, 0.2) is 0 Å². The van der Waals surface area contributed by atoms with Gasteiger partial charge in [-0.25, -0.2) is 10.8 Å². The van der Waals surface area contributed by atoms with Crippen LogP contribution in [0.3, 0.4) is 0 Å². The lowest BCUT2D eigenvalue weighted by atomic mass is 10.1. The Morgan fingerprint density at radius 1 is 1.20 bits per heavy atom. The summed E-state index contributed by atoms with van der Waals surface area (Å²) in [6.45, 7) is 0. The maximum absolute atomic E-state index is 12.8. The van der Waals surface area contributed by atoms with E-state index in [0.717, 1.165) is 12.1 Å². The summed E-state index contributed by atoms with van der Waals surface area (Å²) in [6, 6.07) is 10.7. The maximum atomic E-state index is 12.8. The fourth-order valence-electron chi connectivity index (χ4n) is 2.71. The number of nitrogens with zero attached hydrogens (tertiary/aromatic N) is 3. The zero-order valence-corrected chi connectivity index (χ0v) is 15.9. The largest absolute Gasteiger partial charge is 0.416 e. The van der Waals surface area contributed by atoms with Crippen LogP contribution in [0, 0.1) is 0 Å². The molecule has 30 heavy (non-hydrogen) atoms. The van der Waals surface area contributed by atoms with Gasteiger partial charge in [-0.05, 0) is 36.4 Å². The third-order valence-electron chi connectivity index (χ3n) is 4.24. The quantitative estimate of drug-likeness (QED) is 0.437. The van der Waals surface area contributed by atoms with Gasteiger partial charge in [0, 0.05) is 24.5 Å². The second-order valence-electron chi connectivity index (χ2n) is 6.46. The van der Waals surface area contributed by atoms with Crippen molar-refractivity contribution in [1.29, 1.82) is 0 Å². The third kappa shape index (κ3) is 4.78. The molecule has 1 amide bonds. The van der Waals surface area contributed by atoms with E-state index in [4.69, 9.17) is 11.6 Å². The van der Waals surface area contributed by atoms with Crippen molar-refractivity contribution < 1.29 is 18.0 Å². The van der Waals surface area contributed by atoms with Crippen LogP contribution in [0.1, 0.15) is 21.6 Å². The first-order valence-corrected chi connectivity index (χ1v) is 8.72.